The number of nitrogens with two attached hydrogens (primary N) is 1. The Balaban J connectivity index is 2.86. The van der Waals surface area contributed by atoms with Crippen LogP contribution in [0.2, 0.25) is 0 Å². The van der Waals surface area contributed by atoms with Crippen molar-refractivity contribution in [1.82, 2.24) is 4.31 Å². The first kappa shape index (κ1) is 14.8. The summed E-state index contributed by atoms with van der Waals surface area (Å²) in [6.07, 6.45) is -0.512. The van der Waals surface area contributed by atoms with E-state index >= 15 is 0 Å². The standard InChI is InChI=1S/C9H18N2O4S2/c1-6(9(10)16)17(12,13)11-4-7(14-2)8(5-11)15-3/h6-8H,4-5H2,1-3H3,(H2,10,16). The summed E-state index contributed by atoms with van der Waals surface area (Å²) in [5.74, 6) is 0. The Morgan fingerprint density at radius 2 is 1.76 bits per heavy atom. The molecule has 0 spiro atoms. The van der Waals surface area contributed by atoms with Gasteiger partial charge in [-0.3, -0.25) is 0 Å². The number of hydrogen-bond acceptors (Lipinski definition) is 5. The molecule has 3 unspecified atom stereocenters. The highest BCUT2D eigenvalue weighted by Gasteiger charge is 2.41. The molecule has 1 saturated heterocycles. The summed E-state index contributed by atoms with van der Waals surface area (Å²) in [7, 11) is -0.454. The lowest BCUT2D eigenvalue weighted by atomic mass is 10.3. The number of rotatable bonds is 5. The molecule has 1 aliphatic heterocycles. The van der Waals surface area contributed by atoms with Crippen molar-refractivity contribution in [3.8, 4) is 0 Å². The van der Waals surface area contributed by atoms with Gasteiger partial charge in [-0.1, -0.05) is 12.2 Å². The Labute approximate surface area is 107 Å². The van der Waals surface area contributed by atoms with Crippen LogP contribution in [0.1, 0.15) is 6.92 Å². The number of nitrogens with zero attached hydrogens (tertiary/aromatic N) is 1. The number of sulfonamides is 1. The van der Waals surface area contributed by atoms with Crippen molar-refractivity contribution in [1.29, 1.82) is 0 Å². The second-order valence-electron chi connectivity index (χ2n) is 3.95. The molecule has 0 amide bonds. The summed E-state index contributed by atoms with van der Waals surface area (Å²) in [5, 5.41) is -0.870. The third kappa shape index (κ3) is 2.94. The first-order chi connectivity index (χ1) is 7.84. The molecule has 1 heterocycles. The van der Waals surface area contributed by atoms with Crippen LogP contribution in [-0.4, -0.2) is 62.5 Å². The van der Waals surface area contributed by atoms with Crippen LogP contribution in [0.5, 0.6) is 0 Å². The molecule has 1 aliphatic rings. The van der Waals surface area contributed by atoms with Crippen molar-refractivity contribution in [3.63, 3.8) is 0 Å². The van der Waals surface area contributed by atoms with E-state index in [1.165, 1.54) is 25.4 Å². The summed E-state index contributed by atoms with van der Waals surface area (Å²) < 4.78 is 36.0. The van der Waals surface area contributed by atoms with Crippen LogP contribution < -0.4 is 5.73 Å². The lowest BCUT2D eigenvalue weighted by Gasteiger charge is -2.20. The van der Waals surface area contributed by atoms with Gasteiger partial charge >= 0.3 is 0 Å². The summed E-state index contributed by atoms with van der Waals surface area (Å²) in [6, 6.07) is 0. The van der Waals surface area contributed by atoms with Crippen LogP contribution in [0.15, 0.2) is 0 Å². The molecular formula is C9H18N2O4S2. The van der Waals surface area contributed by atoms with Crippen molar-refractivity contribution in [2.24, 2.45) is 5.73 Å². The molecular weight excluding hydrogens is 264 g/mol. The van der Waals surface area contributed by atoms with Crippen molar-refractivity contribution >= 4 is 27.2 Å². The van der Waals surface area contributed by atoms with E-state index in [1.807, 2.05) is 0 Å². The summed E-state index contributed by atoms with van der Waals surface area (Å²) in [5.41, 5.74) is 5.39. The Kier molecular flexibility index (Phi) is 4.85. The molecule has 0 saturated carbocycles. The van der Waals surface area contributed by atoms with Gasteiger partial charge in [0, 0.05) is 27.3 Å². The highest BCUT2D eigenvalue weighted by Crippen LogP contribution is 2.21. The normalized spacial score (nSPS) is 28.2. The maximum atomic E-state index is 12.1. The Morgan fingerprint density at radius 3 is 2.06 bits per heavy atom. The lowest BCUT2D eigenvalue weighted by Crippen LogP contribution is -2.42. The highest BCUT2D eigenvalue weighted by atomic mass is 32.2. The predicted octanol–water partition coefficient (Wildman–Crippen LogP) is -0.664. The second kappa shape index (κ2) is 5.57. The number of methoxy groups -OCH3 is 2. The maximum Gasteiger partial charge on any atom is 0.223 e. The number of hydrogen-bond donors (Lipinski definition) is 1. The number of ether oxygens (including phenoxy) is 2. The second-order valence-corrected chi connectivity index (χ2v) is 6.68. The van der Waals surface area contributed by atoms with Crippen molar-refractivity contribution in [2.75, 3.05) is 27.3 Å². The molecule has 100 valence electrons. The SMILES string of the molecule is COC1CN(S(=O)(=O)C(C)C(N)=S)CC1OC. The van der Waals surface area contributed by atoms with Gasteiger partial charge in [0.05, 0.1) is 17.2 Å². The van der Waals surface area contributed by atoms with E-state index in [9.17, 15) is 8.42 Å². The van der Waals surface area contributed by atoms with Gasteiger partial charge in [0.25, 0.3) is 0 Å². The molecule has 0 aromatic rings. The molecule has 0 aliphatic carbocycles. The first-order valence-electron chi connectivity index (χ1n) is 5.18. The van der Waals surface area contributed by atoms with Crippen LogP contribution in [0.4, 0.5) is 0 Å². The zero-order chi connectivity index (χ0) is 13.2. The van der Waals surface area contributed by atoms with Gasteiger partial charge in [-0.2, -0.15) is 4.31 Å². The molecule has 17 heavy (non-hydrogen) atoms. The van der Waals surface area contributed by atoms with E-state index in [1.54, 1.807) is 0 Å². The maximum absolute atomic E-state index is 12.1. The third-order valence-corrected chi connectivity index (χ3v) is 5.66. The van der Waals surface area contributed by atoms with Gasteiger partial charge in [0.2, 0.25) is 10.0 Å². The minimum Gasteiger partial charge on any atom is -0.392 e. The smallest absolute Gasteiger partial charge is 0.223 e. The average molecular weight is 282 g/mol. The molecule has 8 heteroatoms. The summed E-state index contributed by atoms with van der Waals surface area (Å²) >= 11 is 4.73. The number of thiocarbonyl (C=S) groups is 1. The molecule has 1 rings (SSSR count). The average Bonchev–Trinajstić information content (AvgIpc) is 2.71. The van der Waals surface area contributed by atoms with Gasteiger partial charge in [-0.15, -0.1) is 0 Å². The van der Waals surface area contributed by atoms with Gasteiger partial charge in [0.15, 0.2) is 0 Å². The van der Waals surface area contributed by atoms with Gasteiger partial charge in [0.1, 0.15) is 5.25 Å². The zero-order valence-electron chi connectivity index (χ0n) is 10.1. The lowest BCUT2D eigenvalue weighted by molar-refractivity contribution is -0.00461. The van der Waals surface area contributed by atoms with Crippen LogP contribution in [-0.2, 0) is 19.5 Å². The molecule has 6 nitrogen and oxygen atoms in total. The van der Waals surface area contributed by atoms with E-state index in [0.29, 0.717) is 0 Å². The van der Waals surface area contributed by atoms with Crippen LogP contribution in [0.25, 0.3) is 0 Å². The van der Waals surface area contributed by atoms with Crippen molar-refractivity contribution < 1.29 is 17.9 Å². The van der Waals surface area contributed by atoms with Gasteiger partial charge in [-0.25, -0.2) is 8.42 Å². The van der Waals surface area contributed by atoms with Crippen molar-refractivity contribution in [3.05, 3.63) is 0 Å². The van der Waals surface area contributed by atoms with Crippen molar-refractivity contribution in [2.45, 2.75) is 24.4 Å². The van der Waals surface area contributed by atoms with E-state index in [0.717, 1.165) is 0 Å². The van der Waals surface area contributed by atoms with E-state index < -0.39 is 15.3 Å². The zero-order valence-corrected chi connectivity index (χ0v) is 11.8. The largest absolute Gasteiger partial charge is 0.392 e. The minimum atomic E-state index is -3.52. The van der Waals surface area contributed by atoms with E-state index in [-0.39, 0.29) is 30.3 Å². The fourth-order valence-corrected chi connectivity index (χ4v) is 3.56. The monoisotopic (exact) mass is 282 g/mol. The van der Waals surface area contributed by atoms with E-state index in [2.05, 4.69) is 0 Å². The molecule has 0 aromatic carbocycles. The fraction of sp³-hybridized carbons (Fsp3) is 0.889. The van der Waals surface area contributed by atoms with Crippen LogP contribution in [0.3, 0.4) is 0 Å². The van der Waals surface area contributed by atoms with Gasteiger partial charge in [-0.05, 0) is 6.92 Å². The first-order valence-corrected chi connectivity index (χ1v) is 7.09. The molecule has 2 N–H and O–H groups in total. The Morgan fingerprint density at radius 1 is 1.35 bits per heavy atom. The van der Waals surface area contributed by atoms with Gasteiger partial charge < -0.3 is 15.2 Å². The fourth-order valence-electron chi connectivity index (χ4n) is 1.74. The highest BCUT2D eigenvalue weighted by molar-refractivity contribution is 7.92. The van der Waals surface area contributed by atoms with Crippen LogP contribution in [0, 0.1) is 0 Å². The van der Waals surface area contributed by atoms with E-state index in [4.69, 9.17) is 27.4 Å². The Hall–Kier alpha value is -0.280. The molecule has 0 aromatic heterocycles. The van der Waals surface area contributed by atoms with Crippen LogP contribution >= 0.6 is 12.2 Å². The Bertz CT molecular complexity index is 372. The molecule has 3 atom stereocenters. The minimum absolute atomic E-state index is 0.0279. The summed E-state index contributed by atoms with van der Waals surface area (Å²) in [4.78, 5) is -0.0279. The summed E-state index contributed by atoms with van der Waals surface area (Å²) in [6.45, 7) is 2.02. The molecule has 1 fully saturated rings. The predicted molar refractivity (Wildman–Crippen MR) is 68.3 cm³/mol. The topological polar surface area (TPSA) is 81.9 Å². The quantitative estimate of drug-likeness (QED) is 0.674. The third-order valence-electron chi connectivity index (χ3n) is 2.99. The molecule has 0 bridgehead atoms. The molecule has 0 radical (unpaired) electrons.